The molecule has 0 amide bonds. The number of hydrogen-bond donors (Lipinski definition) is 0. The number of para-hydroxylation sites is 1. The Balaban J connectivity index is 1.09. The van der Waals surface area contributed by atoms with Crippen LogP contribution in [-0.4, -0.2) is 15.0 Å². The van der Waals surface area contributed by atoms with Crippen molar-refractivity contribution >= 4 is 21.9 Å². The number of nitrogens with zero attached hydrogens (tertiary/aromatic N) is 3. The second-order valence-corrected chi connectivity index (χ2v) is 16.2. The van der Waals surface area contributed by atoms with E-state index in [1.807, 2.05) is 24.3 Å². The highest BCUT2D eigenvalue weighted by molar-refractivity contribution is 6.06. The van der Waals surface area contributed by atoms with Gasteiger partial charge in [-0.25, -0.2) is 15.0 Å². The summed E-state index contributed by atoms with van der Waals surface area (Å²) >= 11 is 0. The maximum absolute atomic E-state index is 6.39. The fraction of sp³-hybridized carbons (Fsp3) is 0.0172. The lowest BCUT2D eigenvalue weighted by atomic mass is 9.66. The molecule has 0 N–H and O–H groups in total. The van der Waals surface area contributed by atoms with Gasteiger partial charge in [-0.3, -0.25) is 0 Å². The average Bonchev–Trinajstić information content (AvgIpc) is 3.84. The minimum Gasteiger partial charge on any atom is -0.456 e. The molecule has 13 rings (SSSR count). The predicted molar refractivity (Wildman–Crippen MR) is 251 cm³/mol. The van der Waals surface area contributed by atoms with Crippen LogP contribution in [0, 0.1) is 0 Å². The Hall–Kier alpha value is -8.21. The zero-order valence-electron chi connectivity index (χ0n) is 33.5. The van der Waals surface area contributed by atoms with Crippen LogP contribution in [0.4, 0.5) is 0 Å². The summed E-state index contributed by atoms with van der Waals surface area (Å²) in [4.78, 5) is 16.1. The van der Waals surface area contributed by atoms with E-state index in [9.17, 15) is 0 Å². The Morgan fingerprint density at radius 3 is 1.50 bits per heavy atom. The molecule has 4 heteroatoms. The van der Waals surface area contributed by atoms with E-state index >= 15 is 0 Å². The van der Waals surface area contributed by atoms with Crippen LogP contribution < -0.4 is 0 Å². The number of rotatable bonds is 4. The van der Waals surface area contributed by atoms with E-state index in [-0.39, 0.29) is 0 Å². The lowest BCUT2D eigenvalue weighted by Gasteiger charge is -2.35. The third-order valence-corrected chi connectivity index (χ3v) is 13.0. The van der Waals surface area contributed by atoms with Crippen LogP contribution in [0.2, 0.25) is 0 Å². The van der Waals surface area contributed by atoms with Gasteiger partial charge in [0.15, 0.2) is 17.5 Å². The van der Waals surface area contributed by atoms with E-state index in [0.29, 0.717) is 17.5 Å². The number of furan rings is 1. The van der Waals surface area contributed by atoms with Crippen molar-refractivity contribution < 1.29 is 4.42 Å². The topological polar surface area (TPSA) is 51.8 Å². The lowest BCUT2D eigenvalue weighted by Crippen LogP contribution is -2.29. The fourth-order valence-corrected chi connectivity index (χ4v) is 10.4. The van der Waals surface area contributed by atoms with E-state index in [0.717, 1.165) is 55.3 Å². The molecule has 0 bridgehead atoms. The van der Waals surface area contributed by atoms with Crippen LogP contribution in [0.15, 0.2) is 217 Å². The SMILES string of the molecule is c1ccc(-c2cccc(-c3nc(-c4ccc5c(c4)oc4ccccc45)nc(-c4cccc5c4-c4ccccc4C54c5ccccc5-c5ccccc5-c5ccccc54)n3)c2)cc1. The molecule has 2 aromatic heterocycles. The monoisotopic (exact) mass is 789 g/mol. The molecule has 0 fully saturated rings. The first kappa shape index (κ1) is 34.6. The molecule has 0 unspecified atom stereocenters. The molecule has 0 atom stereocenters. The van der Waals surface area contributed by atoms with Gasteiger partial charge in [0, 0.05) is 27.5 Å². The van der Waals surface area contributed by atoms with Gasteiger partial charge in [0.05, 0.1) is 5.41 Å². The van der Waals surface area contributed by atoms with Gasteiger partial charge in [-0.1, -0.05) is 188 Å². The second kappa shape index (κ2) is 13.4. The first-order chi connectivity index (χ1) is 30.7. The van der Waals surface area contributed by atoms with Crippen molar-refractivity contribution in [2.45, 2.75) is 5.41 Å². The van der Waals surface area contributed by atoms with Gasteiger partial charge < -0.3 is 4.42 Å². The maximum Gasteiger partial charge on any atom is 0.164 e. The quantitative estimate of drug-likeness (QED) is 0.178. The fourth-order valence-electron chi connectivity index (χ4n) is 10.4. The molecule has 2 heterocycles. The van der Waals surface area contributed by atoms with Crippen molar-refractivity contribution in [1.29, 1.82) is 0 Å². The average molecular weight is 790 g/mol. The van der Waals surface area contributed by atoms with Crippen LogP contribution in [-0.2, 0) is 5.41 Å². The Bertz CT molecular complexity index is 3540. The lowest BCUT2D eigenvalue weighted by molar-refractivity contribution is 0.669. The van der Waals surface area contributed by atoms with Gasteiger partial charge in [-0.15, -0.1) is 0 Å². The zero-order chi connectivity index (χ0) is 40.8. The summed E-state index contributed by atoms with van der Waals surface area (Å²) in [5.74, 6) is 1.80. The smallest absolute Gasteiger partial charge is 0.164 e. The third kappa shape index (κ3) is 4.98. The van der Waals surface area contributed by atoms with Crippen molar-refractivity contribution in [1.82, 2.24) is 15.0 Å². The van der Waals surface area contributed by atoms with E-state index in [2.05, 4.69) is 188 Å². The highest BCUT2D eigenvalue weighted by Gasteiger charge is 2.50. The summed E-state index contributed by atoms with van der Waals surface area (Å²) in [6, 6.07) is 75.8. The summed E-state index contributed by atoms with van der Waals surface area (Å²) in [5.41, 5.74) is 18.2. The minimum atomic E-state index is -0.622. The van der Waals surface area contributed by atoms with Gasteiger partial charge >= 0.3 is 0 Å². The highest BCUT2D eigenvalue weighted by atomic mass is 16.3. The molecule has 1 spiro atoms. The van der Waals surface area contributed by atoms with Crippen molar-refractivity contribution in [2.75, 3.05) is 0 Å². The molecule has 288 valence electrons. The van der Waals surface area contributed by atoms with Crippen LogP contribution >= 0.6 is 0 Å². The van der Waals surface area contributed by atoms with Crippen molar-refractivity contribution in [3.63, 3.8) is 0 Å². The minimum absolute atomic E-state index is 0.580. The van der Waals surface area contributed by atoms with Crippen molar-refractivity contribution in [3.05, 3.63) is 235 Å². The van der Waals surface area contributed by atoms with Crippen molar-refractivity contribution in [3.8, 4) is 78.7 Å². The first-order valence-electron chi connectivity index (χ1n) is 21.1. The maximum atomic E-state index is 6.39. The van der Waals surface area contributed by atoms with E-state index in [1.54, 1.807) is 0 Å². The summed E-state index contributed by atoms with van der Waals surface area (Å²) in [6.45, 7) is 0. The molecule has 2 aliphatic carbocycles. The van der Waals surface area contributed by atoms with Crippen molar-refractivity contribution in [2.24, 2.45) is 0 Å². The number of benzene rings is 9. The van der Waals surface area contributed by atoms with E-state index in [4.69, 9.17) is 19.4 Å². The van der Waals surface area contributed by atoms with Crippen LogP contribution in [0.25, 0.3) is 101 Å². The molecule has 0 saturated heterocycles. The second-order valence-electron chi connectivity index (χ2n) is 16.2. The first-order valence-corrected chi connectivity index (χ1v) is 21.1. The molecule has 0 aliphatic heterocycles. The van der Waals surface area contributed by atoms with Gasteiger partial charge in [0.25, 0.3) is 0 Å². The largest absolute Gasteiger partial charge is 0.456 e. The number of fused-ring (bicyclic) bond motifs is 15. The highest BCUT2D eigenvalue weighted by Crippen LogP contribution is 2.62. The Morgan fingerprint density at radius 1 is 0.290 bits per heavy atom. The number of aromatic nitrogens is 3. The van der Waals surface area contributed by atoms with E-state index in [1.165, 1.54) is 50.1 Å². The van der Waals surface area contributed by atoms with Gasteiger partial charge in [0.1, 0.15) is 11.2 Å². The molecule has 0 radical (unpaired) electrons. The van der Waals surface area contributed by atoms with E-state index < -0.39 is 5.41 Å². The summed E-state index contributed by atoms with van der Waals surface area (Å²) < 4.78 is 6.39. The Labute approximate surface area is 358 Å². The Morgan fingerprint density at radius 2 is 0.774 bits per heavy atom. The summed E-state index contributed by atoms with van der Waals surface area (Å²) in [5, 5.41) is 2.14. The predicted octanol–water partition coefficient (Wildman–Crippen LogP) is 14.4. The molecule has 9 aromatic carbocycles. The van der Waals surface area contributed by atoms with Crippen LogP contribution in [0.3, 0.4) is 0 Å². The Kier molecular flexibility index (Phi) is 7.49. The molecule has 2 aliphatic rings. The standard InChI is InChI=1S/C58H35N3O/c1-2-16-36(17-3-1)37-18-14-19-38(34-37)55-59-56(39-32-33-45-44-24-9-13-31-52(44)62-53(45)35-39)61-57(60-55)47-26-15-30-51-54(47)46-25-8-12-29-50(46)58(51)48-27-10-6-22-42(48)40-20-4-5-21-41(40)43-23-7-11-28-49(43)58/h1-35H. The normalized spacial score (nSPS) is 13.0. The molecule has 62 heavy (non-hydrogen) atoms. The summed E-state index contributed by atoms with van der Waals surface area (Å²) in [6.07, 6.45) is 0. The third-order valence-electron chi connectivity index (χ3n) is 13.0. The molecular weight excluding hydrogens is 755 g/mol. The molecule has 4 nitrogen and oxygen atoms in total. The molecule has 11 aromatic rings. The molecule has 0 saturated carbocycles. The molecular formula is C58H35N3O. The van der Waals surface area contributed by atoms with Crippen LogP contribution in [0.1, 0.15) is 22.3 Å². The zero-order valence-corrected chi connectivity index (χ0v) is 33.5. The summed E-state index contributed by atoms with van der Waals surface area (Å²) in [7, 11) is 0. The van der Waals surface area contributed by atoms with Crippen LogP contribution in [0.5, 0.6) is 0 Å². The van der Waals surface area contributed by atoms with Gasteiger partial charge in [-0.05, 0) is 91.0 Å². The van der Waals surface area contributed by atoms with Gasteiger partial charge in [-0.2, -0.15) is 0 Å². The van der Waals surface area contributed by atoms with Gasteiger partial charge in [0.2, 0.25) is 0 Å². The number of hydrogen-bond acceptors (Lipinski definition) is 4.